The van der Waals surface area contributed by atoms with Crippen molar-refractivity contribution < 1.29 is 0 Å². The Bertz CT molecular complexity index is 491. The van der Waals surface area contributed by atoms with Crippen LogP contribution in [0.5, 0.6) is 0 Å². The minimum absolute atomic E-state index is 1.10. The van der Waals surface area contributed by atoms with Crippen molar-refractivity contribution in [2.75, 3.05) is 18.0 Å². The first-order valence-electron chi connectivity index (χ1n) is 14.2. The summed E-state index contributed by atoms with van der Waals surface area (Å²) >= 11 is 0. The number of hydrogen-bond donors (Lipinski definition) is 0. The lowest BCUT2D eigenvalue weighted by Crippen LogP contribution is -2.23. The van der Waals surface area contributed by atoms with Crippen molar-refractivity contribution in [2.45, 2.75) is 143 Å². The van der Waals surface area contributed by atoms with Crippen LogP contribution in [0.2, 0.25) is 0 Å². The van der Waals surface area contributed by atoms with Gasteiger partial charge in [-0.3, -0.25) is 0 Å². The zero-order valence-corrected chi connectivity index (χ0v) is 21.6. The zero-order valence-electron chi connectivity index (χ0n) is 21.6. The molecule has 0 aliphatic rings. The van der Waals surface area contributed by atoms with Crippen molar-refractivity contribution in [2.24, 2.45) is 0 Å². The fraction of sp³-hybridized carbons (Fsp3) is 0.800. The van der Waals surface area contributed by atoms with E-state index in [1.165, 1.54) is 128 Å². The van der Waals surface area contributed by atoms with Crippen LogP contribution in [-0.4, -0.2) is 13.1 Å². The second-order valence-corrected chi connectivity index (χ2v) is 9.56. The molecular formula is C30H55N. The quantitative estimate of drug-likeness (QED) is 0.166. The van der Waals surface area contributed by atoms with Crippen molar-refractivity contribution in [1.29, 1.82) is 0 Å². The molecule has 1 rings (SSSR count). The van der Waals surface area contributed by atoms with Crippen LogP contribution in [0.25, 0.3) is 0 Å². The van der Waals surface area contributed by atoms with E-state index in [1.807, 2.05) is 0 Å². The number of para-hydroxylation sites is 1. The number of rotatable bonds is 22. The first-order chi connectivity index (χ1) is 15.3. The molecule has 0 amide bonds. The second kappa shape index (κ2) is 20.9. The Morgan fingerprint density at radius 2 is 0.871 bits per heavy atom. The lowest BCUT2D eigenvalue weighted by atomic mass is 10.0. The molecule has 0 radical (unpaired) electrons. The summed E-state index contributed by atoms with van der Waals surface area (Å²) < 4.78 is 0. The molecule has 0 fully saturated rings. The Kier molecular flexibility index (Phi) is 18.9. The predicted molar refractivity (Wildman–Crippen MR) is 142 cm³/mol. The summed E-state index contributed by atoms with van der Waals surface area (Å²) in [6.07, 6.45) is 27.3. The highest BCUT2D eigenvalue weighted by Gasteiger charge is 2.07. The third-order valence-electron chi connectivity index (χ3n) is 6.90. The van der Waals surface area contributed by atoms with Gasteiger partial charge < -0.3 is 4.90 Å². The Morgan fingerprint density at radius 3 is 1.29 bits per heavy atom. The Hall–Kier alpha value is -0.980. The van der Waals surface area contributed by atoms with Crippen LogP contribution in [0.1, 0.15) is 142 Å². The van der Waals surface area contributed by atoms with Gasteiger partial charge in [0.25, 0.3) is 0 Å². The molecule has 1 nitrogen and oxygen atoms in total. The van der Waals surface area contributed by atoms with E-state index in [2.05, 4.69) is 49.9 Å². The molecule has 0 saturated heterocycles. The molecule has 0 heterocycles. The number of benzene rings is 1. The predicted octanol–water partition coefficient (Wildman–Crippen LogP) is 10.1. The highest BCUT2D eigenvalue weighted by Crippen LogP contribution is 2.22. The molecule has 0 N–H and O–H groups in total. The van der Waals surface area contributed by atoms with Gasteiger partial charge in [-0.25, -0.2) is 0 Å². The molecule has 0 spiro atoms. The van der Waals surface area contributed by atoms with E-state index in [1.54, 1.807) is 5.56 Å². The maximum absolute atomic E-state index is 2.49. The molecule has 180 valence electrons. The van der Waals surface area contributed by atoms with E-state index in [0.29, 0.717) is 0 Å². The minimum atomic E-state index is 1.10. The van der Waals surface area contributed by atoms with Crippen molar-refractivity contribution in [1.82, 2.24) is 0 Å². The van der Waals surface area contributed by atoms with Crippen molar-refractivity contribution in [3.05, 3.63) is 29.8 Å². The van der Waals surface area contributed by atoms with Gasteiger partial charge in [0.15, 0.2) is 0 Å². The van der Waals surface area contributed by atoms with Gasteiger partial charge in [0.05, 0.1) is 0 Å². The second-order valence-electron chi connectivity index (χ2n) is 9.56. The number of aryl methyl sites for hydroxylation is 1. The summed E-state index contributed by atoms with van der Waals surface area (Å²) in [6, 6.07) is 9.03. The molecule has 1 aromatic carbocycles. The fourth-order valence-electron chi connectivity index (χ4n) is 4.81. The van der Waals surface area contributed by atoms with Crippen LogP contribution < -0.4 is 4.90 Å². The van der Waals surface area contributed by atoms with Crippen LogP contribution in [0.4, 0.5) is 5.69 Å². The molecule has 0 bridgehead atoms. The summed E-state index contributed by atoms with van der Waals surface area (Å²) in [5.74, 6) is 0. The highest BCUT2D eigenvalue weighted by atomic mass is 15.1. The summed E-state index contributed by atoms with van der Waals surface area (Å²) in [4.78, 5) is 2.49. The molecule has 0 unspecified atom stereocenters. The standard InChI is InChI=1S/C30H55N/c1-4-7-8-9-10-11-12-13-14-15-16-17-18-19-20-21-22-23-26-29-27-24-25-28-30(29)31(5-2)6-3/h24-25,27-28H,4-23,26H2,1-3H3. The average molecular weight is 430 g/mol. The largest absolute Gasteiger partial charge is 0.372 e. The number of anilines is 1. The fourth-order valence-corrected chi connectivity index (χ4v) is 4.81. The Balaban J connectivity index is 1.88. The molecule has 0 aliphatic heterocycles. The molecule has 0 aromatic heterocycles. The van der Waals surface area contributed by atoms with Crippen LogP contribution in [0, 0.1) is 0 Å². The van der Waals surface area contributed by atoms with E-state index < -0.39 is 0 Å². The number of unbranched alkanes of at least 4 members (excludes halogenated alkanes) is 17. The topological polar surface area (TPSA) is 3.24 Å². The van der Waals surface area contributed by atoms with E-state index in [0.717, 1.165) is 13.1 Å². The van der Waals surface area contributed by atoms with Gasteiger partial charge in [0.1, 0.15) is 0 Å². The van der Waals surface area contributed by atoms with Crippen molar-refractivity contribution in [3.8, 4) is 0 Å². The Labute approximate surface area is 196 Å². The summed E-state index contributed by atoms with van der Waals surface area (Å²) in [5.41, 5.74) is 3.00. The molecule has 0 aliphatic carbocycles. The van der Waals surface area contributed by atoms with Gasteiger partial charge in [-0.2, -0.15) is 0 Å². The van der Waals surface area contributed by atoms with Gasteiger partial charge in [0.2, 0.25) is 0 Å². The maximum atomic E-state index is 2.49. The highest BCUT2D eigenvalue weighted by molar-refractivity contribution is 5.53. The summed E-state index contributed by atoms with van der Waals surface area (Å²) in [6.45, 7) is 9.03. The van der Waals surface area contributed by atoms with Gasteiger partial charge in [-0.1, -0.05) is 134 Å². The number of hydrogen-bond acceptors (Lipinski definition) is 1. The first-order valence-corrected chi connectivity index (χ1v) is 14.2. The van der Waals surface area contributed by atoms with Crippen LogP contribution >= 0.6 is 0 Å². The average Bonchev–Trinajstić information content (AvgIpc) is 2.80. The zero-order chi connectivity index (χ0) is 22.4. The molecule has 1 heteroatoms. The van der Waals surface area contributed by atoms with Gasteiger partial charge in [-0.15, -0.1) is 0 Å². The molecule has 0 saturated carbocycles. The lowest BCUT2D eigenvalue weighted by molar-refractivity contribution is 0.525. The summed E-state index contributed by atoms with van der Waals surface area (Å²) in [7, 11) is 0. The lowest BCUT2D eigenvalue weighted by Gasteiger charge is -2.24. The van der Waals surface area contributed by atoms with Gasteiger partial charge in [0, 0.05) is 18.8 Å². The Morgan fingerprint density at radius 1 is 0.484 bits per heavy atom. The molecule has 31 heavy (non-hydrogen) atoms. The van der Waals surface area contributed by atoms with E-state index in [4.69, 9.17) is 0 Å². The molecular weight excluding hydrogens is 374 g/mol. The van der Waals surface area contributed by atoms with Crippen LogP contribution in [0.3, 0.4) is 0 Å². The summed E-state index contributed by atoms with van der Waals surface area (Å²) in [5, 5.41) is 0. The third kappa shape index (κ3) is 14.7. The molecule has 1 aromatic rings. The third-order valence-corrected chi connectivity index (χ3v) is 6.90. The van der Waals surface area contributed by atoms with Gasteiger partial charge in [-0.05, 0) is 38.3 Å². The van der Waals surface area contributed by atoms with Crippen LogP contribution in [-0.2, 0) is 6.42 Å². The smallest absolute Gasteiger partial charge is 0.0398 e. The normalized spacial score (nSPS) is 11.2. The van der Waals surface area contributed by atoms with Crippen molar-refractivity contribution >= 4 is 5.69 Å². The monoisotopic (exact) mass is 429 g/mol. The van der Waals surface area contributed by atoms with E-state index in [9.17, 15) is 0 Å². The maximum Gasteiger partial charge on any atom is 0.0398 e. The van der Waals surface area contributed by atoms with Crippen molar-refractivity contribution in [3.63, 3.8) is 0 Å². The first kappa shape index (κ1) is 28.1. The van der Waals surface area contributed by atoms with E-state index >= 15 is 0 Å². The van der Waals surface area contributed by atoms with Gasteiger partial charge >= 0.3 is 0 Å². The number of nitrogens with zero attached hydrogens (tertiary/aromatic N) is 1. The van der Waals surface area contributed by atoms with Crippen LogP contribution in [0.15, 0.2) is 24.3 Å². The minimum Gasteiger partial charge on any atom is -0.372 e. The van der Waals surface area contributed by atoms with E-state index in [-0.39, 0.29) is 0 Å². The SMILES string of the molecule is CCCCCCCCCCCCCCCCCCCCc1ccccc1N(CC)CC. The molecule has 0 atom stereocenters.